The fraction of sp³-hybridized carbons (Fsp3) is 0.250. The smallest absolute Gasteiger partial charge is 0.174 e. The third-order valence-corrected chi connectivity index (χ3v) is 3.08. The molecule has 0 aliphatic rings. The Hall–Kier alpha value is -1.69. The van der Waals surface area contributed by atoms with E-state index in [4.69, 9.17) is 9.47 Å². The van der Waals surface area contributed by atoms with Crippen molar-refractivity contribution in [1.29, 1.82) is 0 Å². The first kappa shape index (κ1) is 12.8. The number of anilines is 1. The van der Waals surface area contributed by atoms with Gasteiger partial charge in [0.1, 0.15) is 0 Å². The maximum Gasteiger partial charge on any atom is 0.174 e. The van der Waals surface area contributed by atoms with Crippen LogP contribution in [0.15, 0.2) is 29.0 Å². The zero-order chi connectivity index (χ0) is 13.0. The average Bonchev–Trinajstić information content (AvgIpc) is 2.88. The molecular formula is C12H14BrN3O2. The van der Waals surface area contributed by atoms with Crippen molar-refractivity contribution in [2.45, 2.75) is 6.54 Å². The van der Waals surface area contributed by atoms with Crippen molar-refractivity contribution >= 4 is 21.6 Å². The maximum absolute atomic E-state index is 5.29. The van der Waals surface area contributed by atoms with Gasteiger partial charge < -0.3 is 14.8 Å². The fourth-order valence-electron chi connectivity index (χ4n) is 1.63. The molecule has 0 aliphatic heterocycles. The Bertz CT molecular complexity index is 514. The zero-order valence-corrected chi connectivity index (χ0v) is 11.7. The van der Waals surface area contributed by atoms with Crippen molar-refractivity contribution in [3.05, 3.63) is 34.6 Å². The summed E-state index contributed by atoms with van der Waals surface area (Å²) in [6.45, 7) is 0.679. The van der Waals surface area contributed by atoms with E-state index in [1.54, 1.807) is 26.6 Å². The summed E-state index contributed by atoms with van der Waals surface area (Å²) in [5.41, 5.74) is 2.03. The Kier molecular flexibility index (Phi) is 4.09. The molecule has 0 unspecified atom stereocenters. The van der Waals surface area contributed by atoms with Gasteiger partial charge in [0.25, 0.3) is 0 Å². The predicted molar refractivity (Wildman–Crippen MR) is 73.2 cm³/mol. The van der Waals surface area contributed by atoms with Crippen LogP contribution in [-0.4, -0.2) is 24.4 Å². The third-order valence-electron chi connectivity index (χ3n) is 2.49. The van der Waals surface area contributed by atoms with Gasteiger partial charge in [0.05, 0.1) is 30.6 Å². The summed E-state index contributed by atoms with van der Waals surface area (Å²) in [6.07, 6.45) is 3.53. The van der Waals surface area contributed by atoms with Gasteiger partial charge in [-0.2, -0.15) is 5.10 Å². The number of benzene rings is 1. The van der Waals surface area contributed by atoms with E-state index >= 15 is 0 Å². The quantitative estimate of drug-likeness (QED) is 0.891. The molecule has 0 spiro atoms. The van der Waals surface area contributed by atoms with Crippen LogP contribution in [0.5, 0.6) is 11.5 Å². The first-order chi connectivity index (χ1) is 8.74. The second kappa shape index (κ2) is 5.77. The number of ether oxygens (including phenoxy) is 2. The second-order valence-corrected chi connectivity index (χ2v) is 4.51. The normalized spacial score (nSPS) is 10.2. The van der Waals surface area contributed by atoms with Crippen LogP contribution in [-0.2, 0) is 6.54 Å². The Morgan fingerprint density at radius 1 is 1.33 bits per heavy atom. The Balaban J connectivity index is 2.16. The molecule has 1 aromatic carbocycles. The molecule has 1 aromatic heterocycles. The molecule has 0 aliphatic carbocycles. The monoisotopic (exact) mass is 311 g/mol. The first-order valence-corrected chi connectivity index (χ1v) is 6.17. The van der Waals surface area contributed by atoms with Gasteiger partial charge >= 0.3 is 0 Å². The lowest BCUT2D eigenvalue weighted by Gasteiger charge is -2.12. The zero-order valence-electron chi connectivity index (χ0n) is 10.2. The number of methoxy groups -OCH3 is 2. The number of hydrogen-bond acceptors (Lipinski definition) is 4. The van der Waals surface area contributed by atoms with Gasteiger partial charge in [-0.3, -0.25) is 5.10 Å². The lowest BCUT2D eigenvalue weighted by molar-refractivity contribution is 0.352. The minimum Gasteiger partial charge on any atom is -0.493 e. The van der Waals surface area contributed by atoms with E-state index in [1.165, 1.54) is 0 Å². The molecule has 2 aromatic rings. The maximum atomic E-state index is 5.29. The highest BCUT2D eigenvalue weighted by molar-refractivity contribution is 9.10. The van der Waals surface area contributed by atoms with Crippen LogP contribution >= 0.6 is 15.9 Å². The Morgan fingerprint density at radius 3 is 2.78 bits per heavy atom. The fourth-order valence-corrected chi connectivity index (χ4v) is 2.28. The van der Waals surface area contributed by atoms with E-state index in [9.17, 15) is 0 Å². The van der Waals surface area contributed by atoms with E-state index in [2.05, 4.69) is 31.4 Å². The highest BCUT2D eigenvalue weighted by Crippen LogP contribution is 2.36. The van der Waals surface area contributed by atoms with Crippen molar-refractivity contribution in [2.75, 3.05) is 19.5 Å². The Morgan fingerprint density at radius 2 is 2.17 bits per heavy atom. The molecule has 2 N–H and O–H groups in total. The molecule has 0 saturated carbocycles. The molecule has 0 amide bonds. The van der Waals surface area contributed by atoms with Crippen molar-refractivity contribution in [3.63, 3.8) is 0 Å². The molecule has 6 heteroatoms. The van der Waals surface area contributed by atoms with Crippen LogP contribution in [0.4, 0.5) is 5.69 Å². The lowest BCUT2D eigenvalue weighted by Crippen LogP contribution is -2.00. The summed E-state index contributed by atoms with van der Waals surface area (Å²) < 4.78 is 11.4. The van der Waals surface area contributed by atoms with Crippen LogP contribution in [0.25, 0.3) is 0 Å². The lowest BCUT2D eigenvalue weighted by atomic mass is 10.2. The molecule has 2 rings (SSSR count). The van der Waals surface area contributed by atoms with E-state index < -0.39 is 0 Å². The van der Waals surface area contributed by atoms with Gasteiger partial charge in [-0.25, -0.2) is 0 Å². The second-order valence-electron chi connectivity index (χ2n) is 3.65. The number of hydrogen-bond donors (Lipinski definition) is 2. The van der Waals surface area contributed by atoms with Crippen molar-refractivity contribution in [2.24, 2.45) is 0 Å². The van der Waals surface area contributed by atoms with Crippen molar-refractivity contribution < 1.29 is 9.47 Å². The number of H-pyrrole nitrogens is 1. The van der Waals surface area contributed by atoms with E-state index in [0.717, 1.165) is 15.7 Å². The average molecular weight is 312 g/mol. The van der Waals surface area contributed by atoms with Crippen LogP contribution in [0.3, 0.4) is 0 Å². The molecule has 96 valence electrons. The van der Waals surface area contributed by atoms with Crippen molar-refractivity contribution in [1.82, 2.24) is 10.2 Å². The summed E-state index contributed by atoms with van der Waals surface area (Å²) in [6, 6.07) is 3.94. The summed E-state index contributed by atoms with van der Waals surface area (Å²) in [5, 5.41) is 9.87. The molecule has 0 fully saturated rings. The van der Waals surface area contributed by atoms with Gasteiger partial charge in [0.15, 0.2) is 11.5 Å². The molecule has 0 saturated heterocycles. The molecule has 1 heterocycles. The molecule has 5 nitrogen and oxygen atoms in total. The predicted octanol–water partition coefficient (Wildman–Crippen LogP) is 2.80. The standard InChI is InChI=1S/C12H14BrN3O2/c1-17-11-4-8(3-10(13)12(11)18-2)5-14-9-6-15-16-7-9/h3-4,6-7,14H,5H2,1-2H3,(H,15,16). The van der Waals surface area contributed by atoms with Gasteiger partial charge in [0.2, 0.25) is 0 Å². The molecule has 0 atom stereocenters. The van der Waals surface area contributed by atoms with Crippen LogP contribution < -0.4 is 14.8 Å². The third kappa shape index (κ3) is 2.76. The van der Waals surface area contributed by atoms with E-state index in [1.807, 2.05) is 12.1 Å². The highest BCUT2D eigenvalue weighted by atomic mass is 79.9. The summed E-state index contributed by atoms with van der Waals surface area (Å²) in [4.78, 5) is 0. The van der Waals surface area contributed by atoms with Crippen molar-refractivity contribution in [3.8, 4) is 11.5 Å². The topological polar surface area (TPSA) is 59.2 Å². The van der Waals surface area contributed by atoms with Gasteiger partial charge in [-0.05, 0) is 33.6 Å². The largest absolute Gasteiger partial charge is 0.493 e. The molecule has 0 radical (unpaired) electrons. The molecular weight excluding hydrogens is 298 g/mol. The Labute approximate surface area is 114 Å². The van der Waals surface area contributed by atoms with E-state index in [-0.39, 0.29) is 0 Å². The van der Waals surface area contributed by atoms with Crippen LogP contribution in [0, 0.1) is 0 Å². The van der Waals surface area contributed by atoms with Gasteiger partial charge in [-0.1, -0.05) is 0 Å². The number of aromatic amines is 1. The minimum atomic E-state index is 0.679. The minimum absolute atomic E-state index is 0.679. The number of nitrogens with zero attached hydrogens (tertiary/aromatic N) is 1. The number of nitrogens with one attached hydrogen (secondary N) is 2. The number of halogens is 1. The van der Waals surface area contributed by atoms with E-state index in [0.29, 0.717) is 18.0 Å². The number of aromatic nitrogens is 2. The SMILES string of the molecule is COc1cc(CNc2cn[nH]c2)cc(Br)c1OC. The highest BCUT2D eigenvalue weighted by Gasteiger charge is 2.10. The molecule has 18 heavy (non-hydrogen) atoms. The summed E-state index contributed by atoms with van der Waals surface area (Å²) in [7, 11) is 3.24. The van der Waals surface area contributed by atoms with Crippen LogP contribution in [0.1, 0.15) is 5.56 Å². The first-order valence-electron chi connectivity index (χ1n) is 5.37. The molecule has 0 bridgehead atoms. The van der Waals surface area contributed by atoms with Gasteiger partial charge in [-0.15, -0.1) is 0 Å². The van der Waals surface area contributed by atoms with Gasteiger partial charge in [0, 0.05) is 12.7 Å². The number of rotatable bonds is 5. The summed E-state index contributed by atoms with van der Waals surface area (Å²) >= 11 is 3.47. The summed E-state index contributed by atoms with van der Waals surface area (Å²) in [5.74, 6) is 1.40. The van der Waals surface area contributed by atoms with Crippen LogP contribution in [0.2, 0.25) is 0 Å².